The van der Waals surface area contributed by atoms with Crippen molar-refractivity contribution in [1.29, 1.82) is 0 Å². The normalized spacial score (nSPS) is 13.5. The molecule has 154 valence electrons. The minimum absolute atomic E-state index is 0.0605. The lowest BCUT2D eigenvalue weighted by atomic mass is 9.80. The predicted molar refractivity (Wildman–Crippen MR) is 125 cm³/mol. The number of hydrogen-bond acceptors (Lipinski definition) is 4. The highest BCUT2D eigenvalue weighted by Crippen LogP contribution is 2.41. The molecule has 2 aromatic heterocycles. The van der Waals surface area contributed by atoms with Gasteiger partial charge in [0, 0.05) is 11.8 Å². The Morgan fingerprint density at radius 2 is 1.74 bits per heavy atom. The topological polar surface area (TPSA) is 74.8 Å². The second kappa shape index (κ2) is 8.32. The Morgan fingerprint density at radius 1 is 0.968 bits per heavy atom. The molecule has 0 spiro atoms. The van der Waals surface area contributed by atoms with Crippen LogP contribution in [0.4, 0.5) is 5.13 Å². The Bertz CT molecular complexity index is 1270. The molecule has 31 heavy (non-hydrogen) atoms. The van der Waals surface area contributed by atoms with Gasteiger partial charge in [-0.25, -0.2) is 4.98 Å². The number of carbonyl (C=O) groups excluding carboxylic acids is 1. The van der Waals surface area contributed by atoms with Crippen LogP contribution < -0.4 is 10.9 Å². The lowest BCUT2D eigenvalue weighted by Gasteiger charge is -2.25. The number of nitrogens with zero attached hydrogens (tertiary/aromatic N) is 1. The minimum atomic E-state index is -0.470. The fourth-order valence-corrected chi connectivity index (χ4v) is 4.76. The SMILES string of the molecule is O=C(Nc1nc(-c2ccc(C3CCC3)cc2)c(-c2ccccc2)s1)c1ccc[nH]c1=O. The molecule has 1 aliphatic carbocycles. The Hall–Kier alpha value is -3.51. The molecular weight excluding hydrogens is 406 g/mol. The van der Waals surface area contributed by atoms with Gasteiger partial charge in [0.05, 0.1) is 10.6 Å². The van der Waals surface area contributed by atoms with Gasteiger partial charge in [-0.1, -0.05) is 72.4 Å². The lowest BCUT2D eigenvalue weighted by molar-refractivity contribution is 0.102. The van der Waals surface area contributed by atoms with E-state index in [1.807, 2.05) is 30.3 Å². The van der Waals surface area contributed by atoms with Crippen LogP contribution in [0.25, 0.3) is 21.7 Å². The maximum absolute atomic E-state index is 12.6. The van der Waals surface area contributed by atoms with Crippen molar-refractivity contribution in [2.24, 2.45) is 0 Å². The molecule has 0 aliphatic heterocycles. The van der Waals surface area contributed by atoms with E-state index < -0.39 is 11.5 Å². The first-order valence-electron chi connectivity index (χ1n) is 10.3. The molecule has 0 saturated heterocycles. The molecule has 0 radical (unpaired) electrons. The Balaban J connectivity index is 1.51. The molecule has 2 aromatic carbocycles. The second-order valence-electron chi connectivity index (χ2n) is 7.68. The van der Waals surface area contributed by atoms with E-state index in [4.69, 9.17) is 4.98 Å². The van der Waals surface area contributed by atoms with Gasteiger partial charge >= 0.3 is 0 Å². The quantitative estimate of drug-likeness (QED) is 0.430. The summed E-state index contributed by atoms with van der Waals surface area (Å²) >= 11 is 1.41. The first-order valence-corrected chi connectivity index (χ1v) is 11.2. The van der Waals surface area contributed by atoms with E-state index in [2.05, 4.69) is 34.6 Å². The highest BCUT2D eigenvalue weighted by molar-refractivity contribution is 7.19. The summed E-state index contributed by atoms with van der Waals surface area (Å²) in [5.41, 5.74) is 3.89. The predicted octanol–water partition coefficient (Wildman–Crippen LogP) is 5.69. The highest BCUT2D eigenvalue weighted by atomic mass is 32.1. The van der Waals surface area contributed by atoms with Crippen molar-refractivity contribution in [3.63, 3.8) is 0 Å². The zero-order chi connectivity index (χ0) is 21.2. The molecule has 0 atom stereocenters. The first-order chi connectivity index (χ1) is 15.2. The third kappa shape index (κ3) is 3.94. The molecule has 2 N–H and O–H groups in total. The van der Waals surface area contributed by atoms with Crippen LogP contribution >= 0.6 is 11.3 Å². The van der Waals surface area contributed by atoms with Gasteiger partial charge in [-0.15, -0.1) is 0 Å². The summed E-state index contributed by atoms with van der Waals surface area (Å²) in [6.07, 6.45) is 5.34. The number of anilines is 1. The van der Waals surface area contributed by atoms with E-state index in [-0.39, 0.29) is 5.56 Å². The van der Waals surface area contributed by atoms with Crippen molar-refractivity contribution in [3.8, 4) is 21.7 Å². The van der Waals surface area contributed by atoms with Gasteiger partial charge in [0.1, 0.15) is 5.56 Å². The second-order valence-corrected chi connectivity index (χ2v) is 8.68. The van der Waals surface area contributed by atoms with Gasteiger partial charge in [0.25, 0.3) is 11.5 Å². The van der Waals surface area contributed by atoms with Crippen molar-refractivity contribution in [2.45, 2.75) is 25.2 Å². The summed E-state index contributed by atoms with van der Waals surface area (Å²) in [4.78, 5) is 32.8. The smallest absolute Gasteiger partial charge is 0.263 e. The Labute approximate surface area is 183 Å². The van der Waals surface area contributed by atoms with Crippen LogP contribution in [-0.4, -0.2) is 15.9 Å². The average Bonchev–Trinajstić information content (AvgIpc) is 3.18. The summed E-state index contributed by atoms with van der Waals surface area (Å²) in [5, 5.41) is 3.26. The maximum atomic E-state index is 12.6. The van der Waals surface area contributed by atoms with Crippen LogP contribution in [0.1, 0.15) is 41.1 Å². The molecule has 4 aromatic rings. The number of carbonyl (C=O) groups is 1. The van der Waals surface area contributed by atoms with E-state index in [0.29, 0.717) is 11.0 Å². The molecule has 1 saturated carbocycles. The third-order valence-corrected chi connectivity index (χ3v) is 6.73. The van der Waals surface area contributed by atoms with Crippen LogP contribution in [0.2, 0.25) is 0 Å². The number of aromatic nitrogens is 2. The average molecular weight is 428 g/mol. The third-order valence-electron chi connectivity index (χ3n) is 5.71. The van der Waals surface area contributed by atoms with Gasteiger partial charge in [0.15, 0.2) is 5.13 Å². The molecule has 5 rings (SSSR count). The summed E-state index contributed by atoms with van der Waals surface area (Å²) < 4.78 is 0. The number of rotatable bonds is 5. The molecule has 1 aliphatic rings. The monoisotopic (exact) mass is 427 g/mol. The maximum Gasteiger partial charge on any atom is 0.263 e. The minimum Gasteiger partial charge on any atom is -0.328 e. The van der Waals surface area contributed by atoms with E-state index in [1.54, 1.807) is 6.07 Å². The molecule has 5 nitrogen and oxygen atoms in total. The molecule has 0 bridgehead atoms. The summed E-state index contributed by atoms with van der Waals surface area (Å²) in [5.74, 6) is 0.207. The zero-order valence-electron chi connectivity index (χ0n) is 16.8. The number of aromatic amines is 1. The highest BCUT2D eigenvalue weighted by Gasteiger charge is 2.21. The number of hydrogen-bond donors (Lipinski definition) is 2. The molecule has 0 unspecified atom stereocenters. The standard InChI is InChI=1S/C25H21N3O2S/c29-23-20(10-5-15-26-23)24(30)28-25-27-21(22(31-25)19-6-2-1-3-7-19)18-13-11-17(12-14-18)16-8-4-9-16/h1-3,5-7,10-16H,4,8-9H2,(H,26,29)(H,27,28,30). The van der Waals surface area contributed by atoms with Crippen molar-refractivity contribution in [2.75, 3.05) is 5.32 Å². The fraction of sp³-hybridized carbons (Fsp3) is 0.160. The molecule has 1 amide bonds. The van der Waals surface area contributed by atoms with Gasteiger partial charge < -0.3 is 4.98 Å². The van der Waals surface area contributed by atoms with Gasteiger partial charge in [-0.2, -0.15) is 0 Å². The fourth-order valence-electron chi connectivity index (χ4n) is 3.77. The molecule has 6 heteroatoms. The van der Waals surface area contributed by atoms with E-state index >= 15 is 0 Å². The van der Waals surface area contributed by atoms with Crippen molar-refractivity contribution < 1.29 is 4.79 Å². The number of H-pyrrole nitrogens is 1. The largest absolute Gasteiger partial charge is 0.328 e. The number of nitrogens with one attached hydrogen (secondary N) is 2. The lowest BCUT2D eigenvalue weighted by Crippen LogP contribution is -2.22. The molecule has 2 heterocycles. The van der Waals surface area contributed by atoms with E-state index in [9.17, 15) is 9.59 Å². The van der Waals surface area contributed by atoms with Gasteiger partial charge in [-0.3, -0.25) is 14.9 Å². The van der Waals surface area contributed by atoms with Crippen LogP contribution in [0.3, 0.4) is 0 Å². The number of benzene rings is 2. The first kappa shape index (κ1) is 19.5. The van der Waals surface area contributed by atoms with Crippen LogP contribution in [-0.2, 0) is 0 Å². The van der Waals surface area contributed by atoms with E-state index in [0.717, 1.165) is 21.7 Å². The summed E-state index contributed by atoms with van der Waals surface area (Å²) in [6, 6.07) is 21.8. The zero-order valence-corrected chi connectivity index (χ0v) is 17.6. The van der Waals surface area contributed by atoms with Gasteiger partial charge in [0.2, 0.25) is 0 Å². The van der Waals surface area contributed by atoms with Crippen molar-refractivity contribution >= 4 is 22.4 Å². The molecular formula is C25H21N3O2S. The van der Waals surface area contributed by atoms with Crippen LogP contribution in [0.15, 0.2) is 77.7 Å². The molecule has 1 fully saturated rings. The van der Waals surface area contributed by atoms with Crippen molar-refractivity contribution in [3.05, 3.63) is 94.4 Å². The number of amides is 1. The summed E-state index contributed by atoms with van der Waals surface area (Å²) in [6.45, 7) is 0. The summed E-state index contributed by atoms with van der Waals surface area (Å²) in [7, 11) is 0. The van der Waals surface area contributed by atoms with Crippen LogP contribution in [0, 0.1) is 0 Å². The Morgan fingerprint density at radius 3 is 2.42 bits per heavy atom. The van der Waals surface area contributed by atoms with Crippen molar-refractivity contribution in [1.82, 2.24) is 9.97 Å². The Kier molecular flexibility index (Phi) is 5.22. The van der Waals surface area contributed by atoms with Gasteiger partial charge in [-0.05, 0) is 42.0 Å². The number of thiazole rings is 1. The van der Waals surface area contributed by atoms with Crippen LogP contribution in [0.5, 0.6) is 0 Å². The number of pyridine rings is 1. The van der Waals surface area contributed by atoms with E-state index in [1.165, 1.54) is 48.4 Å².